The Hall–Kier alpha value is -1.26. The van der Waals surface area contributed by atoms with Crippen molar-refractivity contribution in [3.05, 3.63) is 28.8 Å². The maximum absolute atomic E-state index is 11.5. The number of nitrogens with one attached hydrogen (secondary N) is 1. The van der Waals surface area contributed by atoms with Crippen LogP contribution in [0.3, 0.4) is 0 Å². The molecule has 1 aliphatic rings. The summed E-state index contributed by atoms with van der Waals surface area (Å²) in [5.74, 6) is 0.544. The van der Waals surface area contributed by atoms with Gasteiger partial charge in [-0.2, -0.15) is 0 Å². The van der Waals surface area contributed by atoms with Crippen molar-refractivity contribution in [1.29, 1.82) is 0 Å². The Balaban J connectivity index is 1.82. The summed E-state index contributed by atoms with van der Waals surface area (Å²) in [5.41, 5.74) is 0.914. The van der Waals surface area contributed by atoms with Crippen LogP contribution in [0.4, 0.5) is 0 Å². The molecule has 2 rings (SSSR count). The van der Waals surface area contributed by atoms with Gasteiger partial charge in [0.25, 0.3) is 5.91 Å². The monoisotopic (exact) mass is 255 g/mol. The van der Waals surface area contributed by atoms with Gasteiger partial charge in [0.2, 0.25) is 0 Å². The Labute approximate surface area is 105 Å². The van der Waals surface area contributed by atoms with Crippen molar-refractivity contribution < 1.29 is 14.3 Å². The Kier molecular flexibility index (Phi) is 3.86. The van der Waals surface area contributed by atoms with Crippen molar-refractivity contribution in [3.8, 4) is 5.75 Å². The second-order valence-corrected chi connectivity index (χ2v) is 4.44. The van der Waals surface area contributed by atoms with Crippen LogP contribution in [0.1, 0.15) is 5.56 Å². The molecule has 0 saturated carbocycles. The molecule has 0 radical (unpaired) electrons. The van der Waals surface area contributed by atoms with Crippen molar-refractivity contribution in [2.24, 2.45) is 0 Å². The van der Waals surface area contributed by atoms with E-state index in [9.17, 15) is 4.79 Å². The molecule has 0 spiro atoms. The highest BCUT2D eigenvalue weighted by molar-refractivity contribution is 6.30. The summed E-state index contributed by atoms with van der Waals surface area (Å²) in [6.45, 7) is 3.08. The van der Waals surface area contributed by atoms with E-state index in [1.165, 1.54) is 0 Å². The minimum Gasteiger partial charge on any atom is -0.484 e. The van der Waals surface area contributed by atoms with Crippen LogP contribution in [-0.4, -0.2) is 31.8 Å². The van der Waals surface area contributed by atoms with Crippen molar-refractivity contribution in [2.45, 2.75) is 13.0 Å². The zero-order chi connectivity index (χ0) is 12.3. The highest BCUT2D eigenvalue weighted by Crippen LogP contribution is 2.21. The number of benzene rings is 1. The molecule has 0 unspecified atom stereocenters. The quantitative estimate of drug-likeness (QED) is 0.888. The van der Waals surface area contributed by atoms with Gasteiger partial charge in [-0.1, -0.05) is 11.6 Å². The van der Waals surface area contributed by atoms with Crippen LogP contribution in [0.5, 0.6) is 5.75 Å². The van der Waals surface area contributed by atoms with Gasteiger partial charge in [0.05, 0.1) is 19.3 Å². The summed E-state index contributed by atoms with van der Waals surface area (Å²) in [5, 5.41) is 3.46. The lowest BCUT2D eigenvalue weighted by Crippen LogP contribution is -2.49. The van der Waals surface area contributed by atoms with E-state index >= 15 is 0 Å². The number of ether oxygens (including phenoxy) is 2. The van der Waals surface area contributed by atoms with Gasteiger partial charge in [-0.25, -0.2) is 0 Å². The molecular formula is C12H14ClNO3. The molecule has 0 bridgehead atoms. The minimum atomic E-state index is -0.132. The van der Waals surface area contributed by atoms with Crippen LogP contribution in [-0.2, 0) is 9.53 Å². The summed E-state index contributed by atoms with van der Waals surface area (Å²) in [6, 6.07) is 5.44. The van der Waals surface area contributed by atoms with Crippen LogP contribution < -0.4 is 10.1 Å². The maximum atomic E-state index is 11.5. The lowest BCUT2D eigenvalue weighted by Gasteiger charge is -2.26. The summed E-state index contributed by atoms with van der Waals surface area (Å²) in [6.07, 6.45) is 0. The van der Waals surface area contributed by atoms with E-state index in [0.29, 0.717) is 24.0 Å². The van der Waals surface area contributed by atoms with Gasteiger partial charge >= 0.3 is 0 Å². The molecule has 1 heterocycles. The number of hydrogen-bond donors (Lipinski definition) is 1. The molecule has 17 heavy (non-hydrogen) atoms. The fraction of sp³-hybridized carbons (Fsp3) is 0.417. The summed E-state index contributed by atoms with van der Waals surface area (Å²) in [7, 11) is 0. The Morgan fingerprint density at radius 3 is 2.94 bits per heavy atom. The number of carbonyl (C=O) groups is 1. The highest BCUT2D eigenvalue weighted by Gasteiger charge is 2.20. The topological polar surface area (TPSA) is 47.6 Å². The summed E-state index contributed by atoms with van der Waals surface area (Å²) in [4.78, 5) is 11.5. The van der Waals surface area contributed by atoms with Crippen molar-refractivity contribution in [1.82, 2.24) is 5.32 Å². The largest absolute Gasteiger partial charge is 0.484 e. The van der Waals surface area contributed by atoms with Crippen LogP contribution in [0, 0.1) is 6.92 Å². The number of amides is 1. The standard InChI is InChI=1S/C12H14ClNO3/c1-8-4-9(13)2-3-11(8)17-7-12(15)14-10-5-16-6-10/h2-4,10H,5-7H2,1H3,(H,14,15). The smallest absolute Gasteiger partial charge is 0.258 e. The Morgan fingerprint density at radius 2 is 2.35 bits per heavy atom. The third kappa shape index (κ3) is 3.35. The normalized spacial score (nSPS) is 15.2. The molecule has 1 saturated heterocycles. The van der Waals surface area contributed by atoms with Gasteiger partial charge in [0.15, 0.2) is 6.61 Å². The van der Waals surface area contributed by atoms with E-state index in [2.05, 4.69) is 5.32 Å². The maximum Gasteiger partial charge on any atom is 0.258 e. The van der Waals surface area contributed by atoms with Crippen LogP contribution in [0.25, 0.3) is 0 Å². The average Bonchev–Trinajstić information content (AvgIpc) is 2.22. The second kappa shape index (κ2) is 5.38. The minimum absolute atomic E-state index is 0.0129. The molecule has 1 aliphatic heterocycles. The second-order valence-electron chi connectivity index (χ2n) is 4.00. The van der Waals surface area contributed by atoms with E-state index in [4.69, 9.17) is 21.1 Å². The molecule has 0 aromatic heterocycles. The predicted octanol–water partition coefficient (Wildman–Crippen LogP) is 1.54. The highest BCUT2D eigenvalue weighted by atomic mass is 35.5. The Bertz CT molecular complexity index is 418. The van der Waals surface area contributed by atoms with Crippen LogP contribution in [0.15, 0.2) is 18.2 Å². The molecule has 1 fully saturated rings. The first-order chi connectivity index (χ1) is 8.15. The third-order valence-corrected chi connectivity index (χ3v) is 2.73. The van der Waals surface area contributed by atoms with Crippen molar-refractivity contribution in [2.75, 3.05) is 19.8 Å². The molecule has 1 aromatic rings. The van der Waals surface area contributed by atoms with E-state index in [1.54, 1.807) is 18.2 Å². The fourth-order valence-corrected chi connectivity index (χ4v) is 1.73. The molecule has 1 amide bonds. The first-order valence-corrected chi connectivity index (χ1v) is 5.79. The average molecular weight is 256 g/mol. The first kappa shape index (κ1) is 12.2. The lowest BCUT2D eigenvalue weighted by molar-refractivity contribution is -0.127. The fourth-order valence-electron chi connectivity index (χ4n) is 1.51. The van der Waals surface area contributed by atoms with Gasteiger partial charge in [0.1, 0.15) is 5.75 Å². The molecule has 0 aliphatic carbocycles. The van der Waals surface area contributed by atoms with Crippen molar-refractivity contribution in [3.63, 3.8) is 0 Å². The molecule has 1 N–H and O–H groups in total. The summed E-state index contributed by atoms with van der Waals surface area (Å²) >= 11 is 5.83. The predicted molar refractivity (Wildman–Crippen MR) is 64.4 cm³/mol. The number of rotatable bonds is 4. The van der Waals surface area contributed by atoms with Gasteiger partial charge < -0.3 is 14.8 Å². The van der Waals surface area contributed by atoms with E-state index < -0.39 is 0 Å². The van der Waals surface area contributed by atoms with Gasteiger partial charge in [0, 0.05) is 5.02 Å². The van der Waals surface area contributed by atoms with Crippen LogP contribution in [0.2, 0.25) is 5.02 Å². The van der Waals surface area contributed by atoms with Gasteiger partial charge in [-0.3, -0.25) is 4.79 Å². The number of halogens is 1. The number of carbonyl (C=O) groups excluding carboxylic acids is 1. The zero-order valence-corrected chi connectivity index (χ0v) is 10.3. The molecule has 0 atom stereocenters. The Morgan fingerprint density at radius 1 is 1.59 bits per heavy atom. The van der Waals surface area contributed by atoms with E-state index in [0.717, 1.165) is 5.56 Å². The van der Waals surface area contributed by atoms with E-state index in [-0.39, 0.29) is 18.6 Å². The molecule has 5 heteroatoms. The molecule has 4 nitrogen and oxygen atoms in total. The third-order valence-electron chi connectivity index (χ3n) is 2.50. The molecule has 92 valence electrons. The van der Waals surface area contributed by atoms with Crippen molar-refractivity contribution >= 4 is 17.5 Å². The van der Waals surface area contributed by atoms with Gasteiger partial charge in [-0.15, -0.1) is 0 Å². The van der Waals surface area contributed by atoms with Crippen LogP contribution >= 0.6 is 11.6 Å². The summed E-state index contributed by atoms with van der Waals surface area (Å²) < 4.78 is 10.4. The molecular weight excluding hydrogens is 242 g/mol. The first-order valence-electron chi connectivity index (χ1n) is 5.41. The number of hydrogen-bond acceptors (Lipinski definition) is 3. The SMILES string of the molecule is Cc1cc(Cl)ccc1OCC(=O)NC1COC1. The van der Waals surface area contributed by atoms with E-state index in [1.807, 2.05) is 6.92 Å². The lowest BCUT2D eigenvalue weighted by atomic mass is 10.2. The zero-order valence-electron chi connectivity index (χ0n) is 9.53. The number of aryl methyl sites for hydroxylation is 1. The van der Waals surface area contributed by atoms with Gasteiger partial charge in [-0.05, 0) is 30.7 Å². The molecule has 1 aromatic carbocycles.